The van der Waals surface area contributed by atoms with E-state index in [1.165, 1.54) is 4.90 Å². The van der Waals surface area contributed by atoms with Gasteiger partial charge >= 0.3 is 12.0 Å². The van der Waals surface area contributed by atoms with Gasteiger partial charge in [0.2, 0.25) is 0 Å². The van der Waals surface area contributed by atoms with Crippen molar-refractivity contribution in [2.24, 2.45) is 0 Å². The Balaban J connectivity index is 1.81. The van der Waals surface area contributed by atoms with Gasteiger partial charge in [-0.25, -0.2) is 9.59 Å². The van der Waals surface area contributed by atoms with Gasteiger partial charge in [-0.1, -0.05) is 0 Å². The summed E-state index contributed by atoms with van der Waals surface area (Å²) in [5, 5.41) is 11.8. The molecule has 2 saturated heterocycles. The van der Waals surface area contributed by atoms with Crippen LogP contribution in [0.2, 0.25) is 0 Å². The zero-order valence-corrected chi connectivity index (χ0v) is 10.8. The van der Waals surface area contributed by atoms with E-state index in [4.69, 9.17) is 14.6 Å². The number of aliphatic carboxylic acids is 1. The van der Waals surface area contributed by atoms with E-state index >= 15 is 0 Å². The summed E-state index contributed by atoms with van der Waals surface area (Å²) in [5.74, 6) is -0.938. The Morgan fingerprint density at radius 2 is 2.16 bits per heavy atom. The molecule has 0 aromatic rings. The number of carboxylic acid groups (broad SMARTS) is 1. The third kappa shape index (κ3) is 3.81. The van der Waals surface area contributed by atoms with Gasteiger partial charge in [0.25, 0.3) is 0 Å². The highest BCUT2D eigenvalue weighted by Crippen LogP contribution is 2.17. The molecule has 108 valence electrons. The number of nitrogens with one attached hydrogen (secondary N) is 1. The Labute approximate surface area is 111 Å². The Bertz CT molecular complexity index is 330. The molecular formula is C12H20N2O5. The van der Waals surface area contributed by atoms with Gasteiger partial charge in [-0.3, -0.25) is 0 Å². The van der Waals surface area contributed by atoms with E-state index in [1.807, 2.05) is 0 Å². The average molecular weight is 272 g/mol. The number of carboxylic acids is 1. The monoisotopic (exact) mass is 272 g/mol. The van der Waals surface area contributed by atoms with Crippen LogP contribution >= 0.6 is 0 Å². The molecule has 2 N–H and O–H groups in total. The molecular weight excluding hydrogens is 252 g/mol. The van der Waals surface area contributed by atoms with Crippen LogP contribution in [0.15, 0.2) is 0 Å². The molecule has 2 aliphatic rings. The molecule has 0 saturated carbocycles. The van der Waals surface area contributed by atoms with Crippen LogP contribution in [0.3, 0.4) is 0 Å². The summed E-state index contributed by atoms with van der Waals surface area (Å²) in [6, 6.07) is -1.04. The number of amides is 2. The van der Waals surface area contributed by atoms with Gasteiger partial charge in [0.05, 0.1) is 25.9 Å². The van der Waals surface area contributed by atoms with E-state index in [9.17, 15) is 9.59 Å². The SMILES string of the molecule is O=C(O)C1CCCCN1C(=O)NCC1COCCO1. The minimum Gasteiger partial charge on any atom is -0.480 e. The zero-order chi connectivity index (χ0) is 13.7. The summed E-state index contributed by atoms with van der Waals surface area (Å²) in [7, 11) is 0. The lowest BCUT2D eigenvalue weighted by atomic mass is 10.0. The average Bonchev–Trinajstić information content (AvgIpc) is 2.46. The maximum atomic E-state index is 12.0. The molecule has 0 radical (unpaired) electrons. The van der Waals surface area contributed by atoms with E-state index < -0.39 is 12.0 Å². The summed E-state index contributed by atoms with van der Waals surface area (Å²) < 4.78 is 10.7. The third-order valence-electron chi connectivity index (χ3n) is 3.41. The Morgan fingerprint density at radius 1 is 1.32 bits per heavy atom. The number of carbonyl (C=O) groups is 2. The molecule has 19 heavy (non-hydrogen) atoms. The summed E-state index contributed by atoms with van der Waals surface area (Å²) in [4.78, 5) is 24.5. The van der Waals surface area contributed by atoms with Crippen molar-refractivity contribution in [1.82, 2.24) is 10.2 Å². The fourth-order valence-corrected chi connectivity index (χ4v) is 2.39. The van der Waals surface area contributed by atoms with Gasteiger partial charge in [-0.15, -0.1) is 0 Å². The lowest BCUT2D eigenvalue weighted by Crippen LogP contribution is -2.53. The molecule has 0 bridgehead atoms. The van der Waals surface area contributed by atoms with Gasteiger partial charge < -0.3 is 24.8 Å². The van der Waals surface area contributed by atoms with Crippen LogP contribution < -0.4 is 5.32 Å². The van der Waals surface area contributed by atoms with Gasteiger partial charge in [-0.2, -0.15) is 0 Å². The number of hydrogen-bond donors (Lipinski definition) is 2. The standard InChI is InChI=1S/C12H20N2O5/c15-11(16)10-3-1-2-4-14(10)12(17)13-7-9-8-18-5-6-19-9/h9-10H,1-8H2,(H,13,17)(H,15,16). The number of piperidine rings is 1. The maximum Gasteiger partial charge on any atom is 0.326 e. The molecule has 0 aliphatic carbocycles. The smallest absolute Gasteiger partial charge is 0.326 e. The topological polar surface area (TPSA) is 88.1 Å². The second-order valence-corrected chi connectivity index (χ2v) is 4.80. The van der Waals surface area contributed by atoms with Crippen LogP contribution in [0.5, 0.6) is 0 Å². The van der Waals surface area contributed by atoms with Gasteiger partial charge in [0.15, 0.2) is 0 Å². The lowest BCUT2D eigenvalue weighted by Gasteiger charge is -2.33. The van der Waals surface area contributed by atoms with Gasteiger partial charge in [0, 0.05) is 13.1 Å². The highest BCUT2D eigenvalue weighted by molar-refractivity contribution is 5.82. The van der Waals surface area contributed by atoms with Crippen LogP contribution in [-0.2, 0) is 14.3 Å². The summed E-state index contributed by atoms with van der Waals surface area (Å²) >= 11 is 0. The molecule has 2 amide bonds. The quantitative estimate of drug-likeness (QED) is 0.758. The van der Waals surface area contributed by atoms with Crippen molar-refractivity contribution < 1.29 is 24.2 Å². The maximum absolute atomic E-state index is 12.0. The van der Waals surface area contributed by atoms with Crippen molar-refractivity contribution in [3.63, 3.8) is 0 Å². The fourth-order valence-electron chi connectivity index (χ4n) is 2.39. The van der Waals surface area contributed by atoms with E-state index in [2.05, 4.69) is 5.32 Å². The van der Waals surface area contributed by atoms with Crippen LogP contribution in [0.4, 0.5) is 4.79 Å². The van der Waals surface area contributed by atoms with Gasteiger partial charge in [0.1, 0.15) is 6.04 Å². The zero-order valence-electron chi connectivity index (χ0n) is 10.8. The first-order valence-corrected chi connectivity index (χ1v) is 6.65. The van der Waals surface area contributed by atoms with E-state index in [1.54, 1.807) is 0 Å². The number of carbonyl (C=O) groups excluding carboxylic acids is 1. The molecule has 7 nitrogen and oxygen atoms in total. The number of likely N-dealkylation sites (tertiary alicyclic amines) is 1. The molecule has 2 rings (SSSR count). The first-order valence-electron chi connectivity index (χ1n) is 6.65. The molecule has 2 heterocycles. The summed E-state index contributed by atoms with van der Waals surface area (Å²) in [5.41, 5.74) is 0. The second kappa shape index (κ2) is 6.72. The minimum atomic E-state index is -0.938. The van der Waals surface area contributed by atoms with Crippen LogP contribution in [0, 0.1) is 0 Å². The molecule has 0 aromatic carbocycles. The predicted molar refractivity (Wildman–Crippen MR) is 65.9 cm³/mol. The molecule has 0 aromatic heterocycles. The van der Waals surface area contributed by atoms with Crippen LogP contribution in [-0.4, -0.2) is 67.1 Å². The lowest BCUT2D eigenvalue weighted by molar-refractivity contribution is -0.143. The summed E-state index contributed by atoms with van der Waals surface area (Å²) in [6.45, 7) is 2.41. The number of hydrogen-bond acceptors (Lipinski definition) is 4. The fraction of sp³-hybridized carbons (Fsp3) is 0.833. The number of rotatable bonds is 3. The molecule has 7 heteroatoms. The number of ether oxygens (including phenoxy) is 2. The predicted octanol–water partition coefficient (Wildman–Crippen LogP) is 0.0505. The van der Waals surface area contributed by atoms with Crippen LogP contribution in [0.1, 0.15) is 19.3 Å². The molecule has 2 atom stereocenters. The molecule has 2 aliphatic heterocycles. The highest BCUT2D eigenvalue weighted by atomic mass is 16.6. The normalized spacial score (nSPS) is 27.9. The molecule has 0 spiro atoms. The number of urea groups is 1. The van der Waals surface area contributed by atoms with Crippen molar-refractivity contribution in [1.29, 1.82) is 0 Å². The largest absolute Gasteiger partial charge is 0.480 e. The first kappa shape index (κ1) is 14.1. The minimum absolute atomic E-state index is 0.147. The second-order valence-electron chi connectivity index (χ2n) is 4.80. The first-order chi connectivity index (χ1) is 9.18. The van der Waals surface area contributed by atoms with Gasteiger partial charge in [-0.05, 0) is 19.3 Å². The highest BCUT2D eigenvalue weighted by Gasteiger charge is 2.32. The van der Waals surface area contributed by atoms with E-state index in [0.717, 1.165) is 12.8 Å². The molecule has 2 fully saturated rings. The van der Waals surface area contributed by atoms with Crippen molar-refractivity contribution in [3.8, 4) is 0 Å². The van der Waals surface area contributed by atoms with Crippen molar-refractivity contribution in [3.05, 3.63) is 0 Å². The van der Waals surface area contributed by atoms with E-state index in [0.29, 0.717) is 39.3 Å². The number of nitrogens with zero attached hydrogens (tertiary/aromatic N) is 1. The van der Waals surface area contributed by atoms with E-state index in [-0.39, 0.29) is 12.1 Å². The molecule has 2 unspecified atom stereocenters. The van der Waals surface area contributed by atoms with Crippen molar-refractivity contribution >= 4 is 12.0 Å². The Morgan fingerprint density at radius 3 is 2.84 bits per heavy atom. The Hall–Kier alpha value is -1.34. The third-order valence-corrected chi connectivity index (χ3v) is 3.41. The Kier molecular flexibility index (Phi) is 4.98. The summed E-state index contributed by atoms with van der Waals surface area (Å²) in [6.07, 6.45) is 2.07. The van der Waals surface area contributed by atoms with Crippen molar-refractivity contribution in [2.75, 3.05) is 32.9 Å². The van der Waals surface area contributed by atoms with Crippen LogP contribution in [0.25, 0.3) is 0 Å². The van der Waals surface area contributed by atoms with Crippen molar-refractivity contribution in [2.45, 2.75) is 31.4 Å².